The summed E-state index contributed by atoms with van der Waals surface area (Å²) in [5.41, 5.74) is 5.09. The Bertz CT molecular complexity index is 621. The van der Waals surface area contributed by atoms with Crippen molar-refractivity contribution in [2.45, 2.75) is 6.92 Å². The largest absolute Gasteiger partial charge is 0.464 e. The van der Waals surface area contributed by atoms with E-state index in [4.69, 9.17) is 10.5 Å². The van der Waals surface area contributed by atoms with Crippen molar-refractivity contribution in [1.82, 2.24) is 15.0 Å². The number of hydrogen-bond acceptors (Lipinski definition) is 5. The van der Waals surface area contributed by atoms with Gasteiger partial charge >= 0.3 is 6.01 Å². The molecule has 1 heterocycles. The highest BCUT2D eigenvalue weighted by Crippen LogP contribution is 2.24. The van der Waals surface area contributed by atoms with Crippen LogP contribution in [0.1, 0.15) is 6.92 Å². The Kier molecular flexibility index (Phi) is 3.50. The molecule has 0 bridgehead atoms. The van der Waals surface area contributed by atoms with E-state index >= 15 is 0 Å². The van der Waals surface area contributed by atoms with Crippen LogP contribution >= 0.6 is 0 Å². The fourth-order valence-corrected chi connectivity index (χ4v) is 1.38. The lowest BCUT2D eigenvalue weighted by Crippen LogP contribution is -2.06. The van der Waals surface area contributed by atoms with E-state index in [0.29, 0.717) is 0 Å². The number of nitrogen functional groups attached to an aromatic ring is 1. The zero-order chi connectivity index (χ0) is 14.0. The minimum absolute atomic E-state index is 0.117. The van der Waals surface area contributed by atoms with Crippen molar-refractivity contribution in [3.05, 3.63) is 29.6 Å². The summed E-state index contributed by atoms with van der Waals surface area (Å²) in [6, 6.07) is 1.67. The van der Waals surface area contributed by atoms with Gasteiger partial charge in [-0.15, -0.1) is 0 Å². The van der Waals surface area contributed by atoms with Gasteiger partial charge in [0.15, 0.2) is 23.3 Å². The second-order valence-electron chi connectivity index (χ2n) is 3.46. The first-order valence-corrected chi connectivity index (χ1v) is 5.31. The van der Waals surface area contributed by atoms with Gasteiger partial charge in [0.05, 0.1) is 12.2 Å². The van der Waals surface area contributed by atoms with Crippen LogP contribution in [0.4, 0.5) is 19.1 Å². The van der Waals surface area contributed by atoms with Gasteiger partial charge in [-0.3, -0.25) is 0 Å². The molecule has 19 heavy (non-hydrogen) atoms. The van der Waals surface area contributed by atoms with E-state index in [9.17, 15) is 13.2 Å². The fraction of sp³-hybridized carbons (Fsp3) is 0.182. The van der Waals surface area contributed by atoms with Gasteiger partial charge in [0.2, 0.25) is 5.95 Å². The summed E-state index contributed by atoms with van der Waals surface area (Å²) in [4.78, 5) is 11.1. The molecule has 0 aliphatic carbocycles. The molecule has 2 rings (SSSR count). The summed E-state index contributed by atoms with van der Waals surface area (Å²) in [5.74, 6) is -4.74. The third-order valence-electron chi connectivity index (χ3n) is 2.18. The molecule has 1 aromatic heterocycles. The van der Waals surface area contributed by atoms with Gasteiger partial charge in [-0.05, 0) is 19.1 Å². The van der Waals surface area contributed by atoms with Crippen LogP contribution in [0.3, 0.4) is 0 Å². The normalized spacial score (nSPS) is 10.5. The molecular formula is C11H9F3N4O. The summed E-state index contributed by atoms with van der Waals surface area (Å²) < 4.78 is 44.6. The number of aromatic nitrogens is 3. The van der Waals surface area contributed by atoms with Crippen LogP contribution in [-0.2, 0) is 0 Å². The third-order valence-corrected chi connectivity index (χ3v) is 2.18. The lowest BCUT2D eigenvalue weighted by atomic mass is 10.2. The van der Waals surface area contributed by atoms with E-state index in [-0.39, 0.29) is 30.0 Å². The SMILES string of the molecule is CCOc1nc(N)nc(-c2ccc(F)c(F)c2F)n1. The van der Waals surface area contributed by atoms with Crippen molar-refractivity contribution in [2.24, 2.45) is 0 Å². The monoisotopic (exact) mass is 270 g/mol. The number of halogens is 3. The number of hydrogen-bond donors (Lipinski definition) is 1. The Morgan fingerprint density at radius 1 is 1.11 bits per heavy atom. The lowest BCUT2D eigenvalue weighted by molar-refractivity contribution is 0.312. The highest BCUT2D eigenvalue weighted by Gasteiger charge is 2.18. The molecule has 0 amide bonds. The summed E-state index contributed by atoms with van der Waals surface area (Å²) in [5, 5.41) is 0. The molecule has 0 unspecified atom stereocenters. The molecule has 0 aliphatic rings. The number of benzene rings is 1. The summed E-state index contributed by atoms with van der Waals surface area (Å²) >= 11 is 0. The predicted molar refractivity (Wildman–Crippen MR) is 60.7 cm³/mol. The molecule has 100 valence electrons. The van der Waals surface area contributed by atoms with Crippen LogP contribution < -0.4 is 10.5 Å². The predicted octanol–water partition coefficient (Wildman–Crippen LogP) is 1.94. The third kappa shape index (κ3) is 2.56. The second-order valence-corrected chi connectivity index (χ2v) is 3.46. The van der Waals surface area contributed by atoms with Crippen LogP contribution in [-0.4, -0.2) is 21.6 Å². The van der Waals surface area contributed by atoms with Gasteiger partial charge in [0.1, 0.15) is 0 Å². The Morgan fingerprint density at radius 2 is 1.84 bits per heavy atom. The first-order valence-electron chi connectivity index (χ1n) is 5.31. The van der Waals surface area contributed by atoms with Crippen molar-refractivity contribution in [1.29, 1.82) is 0 Å². The van der Waals surface area contributed by atoms with Crippen LogP contribution in [0.15, 0.2) is 12.1 Å². The van der Waals surface area contributed by atoms with Crippen LogP contribution in [0, 0.1) is 17.5 Å². The van der Waals surface area contributed by atoms with Crippen molar-refractivity contribution >= 4 is 5.95 Å². The molecule has 0 spiro atoms. The fourth-order valence-electron chi connectivity index (χ4n) is 1.38. The maximum atomic E-state index is 13.6. The van der Waals surface area contributed by atoms with E-state index in [1.807, 2.05) is 0 Å². The minimum atomic E-state index is -1.60. The number of ether oxygens (including phenoxy) is 1. The summed E-state index contributed by atoms with van der Waals surface area (Å²) in [7, 11) is 0. The van der Waals surface area contributed by atoms with Gasteiger partial charge in [-0.1, -0.05) is 0 Å². The molecule has 0 atom stereocenters. The Morgan fingerprint density at radius 3 is 2.53 bits per heavy atom. The smallest absolute Gasteiger partial charge is 0.321 e. The number of rotatable bonds is 3. The standard InChI is InChI=1S/C11H9F3N4O/c1-2-19-11-17-9(16-10(15)18-11)5-3-4-6(12)8(14)7(5)13/h3-4H,2H2,1H3,(H2,15,16,17,18). The van der Waals surface area contributed by atoms with E-state index in [2.05, 4.69) is 15.0 Å². The topological polar surface area (TPSA) is 73.9 Å². The molecule has 1 aromatic carbocycles. The molecule has 0 saturated heterocycles. The summed E-state index contributed by atoms with van der Waals surface area (Å²) in [6.45, 7) is 1.96. The molecule has 2 aromatic rings. The van der Waals surface area contributed by atoms with Crippen molar-refractivity contribution in [3.63, 3.8) is 0 Å². The van der Waals surface area contributed by atoms with E-state index in [1.165, 1.54) is 0 Å². The molecule has 2 N–H and O–H groups in total. The van der Waals surface area contributed by atoms with E-state index < -0.39 is 17.5 Å². The van der Waals surface area contributed by atoms with Crippen LogP contribution in [0.2, 0.25) is 0 Å². The number of nitrogens with two attached hydrogens (primary N) is 1. The quantitative estimate of drug-likeness (QED) is 0.863. The van der Waals surface area contributed by atoms with E-state index in [0.717, 1.165) is 12.1 Å². The van der Waals surface area contributed by atoms with Crippen LogP contribution in [0.5, 0.6) is 6.01 Å². The van der Waals surface area contributed by atoms with Gasteiger partial charge < -0.3 is 10.5 Å². The van der Waals surface area contributed by atoms with E-state index in [1.54, 1.807) is 6.92 Å². The second kappa shape index (κ2) is 5.09. The molecule has 0 saturated carbocycles. The van der Waals surface area contributed by atoms with Crippen molar-refractivity contribution < 1.29 is 17.9 Å². The number of nitrogens with zero attached hydrogens (tertiary/aromatic N) is 3. The summed E-state index contributed by atoms with van der Waals surface area (Å²) in [6.07, 6.45) is 0. The molecule has 0 fully saturated rings. The van der Waals surface area contributed by atoms with Gasteiger partial charge in [-0.2, -0.15) is 15.0 Å². The molecule has 5 nitrogen and oxygen atoms in total. The molecule has 0 radical (unpaired) electrons. The Hall–Kier alpha value is -2.38. The maximum Gasteiger partial charge on any atom is 0.321 e. The van der Waals surface area contributed by atoms with Crippen molar-refractivity contribution in [2.75, 3.05) is 12.3 Å². The Balaban J connectivity index is 2.55. The number of anilines is 1. The zero-order valence-electron chi connectivity index (χ0n) is 9.82. The van der Waals surface area contributed by atoms with Gasteiger partial charge in [-0.25, -0.2) is 13.2 Å². The molecular weight excluding hydrogens is 261 g/mol. The average Bonchev–Trinajstić information content (AvgIpc) is 2.36. The first-order chi connectivity index (χ1) is 9.02. The molecule has 0 aliphatic heterocycles. The highest BCUT2D eigenvalue weighted by molar-refractivity contribution is 5.57. The van der Waals surface area contributed by atoms with Crippen molar-refractivity contribution in [3.8, 4) is 17.4 Å². The Labute approximate surface area is 106 Å². The lowest BCUT2D eigenvalue weighted by Gasteiger charge is -2.06. The average molecular weight is 270 g/mol. The van der Waals surface area contributed by atoms with Crippen LogP contribution in [0.25, 0.3) is 11.4 Å². The maximum absolute atomic E-state index is 13.6. The minimum Gasteiger partial charge on any atom is -0.464 e. The zero-order valence-corrected chi connectivity index (χ0v) is 9.82. The first kappa shape index (κ1) is 13.1. The van der Waals surface area contributed by atoms with Gasteiger partial charge in [0.25, 0.3) is 0 Å². The molecule has 8 heteroatoms. The highest BCUT2D eigenvalue weighted by atomic mass is 19.2. The van der Waals surface area contributed by atoms with Gasteiger partial charge in [0, 0.05) is 0 Å².